The van der Waals surface area contributed by atoms with E-state index in [2.05, 4.69) is 10.6 Å². The normalized spacial score (nSPS) is 15.5. The number of anilines is 2. The van der Waals surface area contributed by atoms with E-state index in [1.165, 1.54) is 0 Å². The molecule has 1 unspecified atom stereocenters. The number of rotatable bonds is 6. The van der Waals surface area contributed by atoms with Crippen LogP contribution in [0.15, 0.2) is 24.3 Å². The first-order valence-corrected chi connectivity index (χ1v) is 7.05. The molecule has 2 rings (SSSR count). The van der Waals surface area contributed by atoms with Gasteiger partial charge >= 0.3 is 0 Å². The highest BCUT2D eigenvalue weighted by atomic mass is 16.2. The molecule has 1 aromatic carbocycles. The summed E-state index contributed by atoms with van der Waals surface area (Å²) in [5.74, 6) is 0.113. The fraction of sp³-hybridized carbons (Fsp3) is 0.467. The van der Waals surface area contributed by atoms with Crippen LogP contribution >= 0.6 is 0 Å². The Kier molecular flexibility index (Phi) is 4.74. The van der Waals surface area contributed by atoms with Crippen LogP contribution in [0.2, 0.25) is 0 Å². The SMILES string of the molecule is CCC(N)CC(=O)Nc1cccc(NC(=O)C2CC2)c1. The van der Waals surface area contributed by atoms with Crippen molar-refractivity contribution < 1.29 is 9.59 Å². The second kappa shape index (κ2) is 6.52. The average molecular weight is 275 g/mol. The van der Waals surface area contributed by atoms with E-state index in [1.807, 2.05) is 13.0 Å². The molecule has 1 aliphatic carbocycles. The van der Waals surface area contributed by atoms with Crippen molar-refractivity contribution in [3.8, 4) is 0 Å². The van der Waals surface area contributed by atoms with Gasteiger partial charge in [0.15, 0.2) is 0 Å². The van der Waals surface area contributed by atoms with Crippen LogP contribution in [0, 0.1) is 5.92 Å². The Morgan fingerprint density at radius 2 is 1.95 bits per heavy atom. The Morgan fingerprint density at radius 3 is 2.55 bits per heavy atom. The molecule has 1 aromatic rings. The van der Waals surface area contributed by atoms with Crippen molar-refractivity contribution in [2.45, 2.75) is 38.6 Å². The van der Waals surface area contributed by atoms with E-state index >= 15 is 0 Å². The monoisotopic (exact) mass is 275 g/mol. The summed E-state index contributed by atoms with van der Waals surface area (Å²) in [7, 11) is 0. The minimum absolute atomic E-state index is 0.0569. The van der Waals surface area contributed by atoms with E-state index in [0.29, 0.717) is 17.8 Å². The summed E-state index contributed by atoms with van der Waals surface area (Å²) in [6.45, 7) is 1.95. The first-order valence-electron chi connectivity index (χ1n) is 7.05. The molecule has 1 aliphatic rings. The van der Waals surface area contributed by atoms with Crippen LogP contribution in [-0.2, 0) is 9.59 Å². The number of hydrogen-bond donors (Lipinski definition) is 3. The lowest BCUT2D eigenvalue weighted by Crippen LogP contribution is -2.26. The Labute approximate surface area is 118 Å². The number of hydrogen-bond acceptors (Lipinski definition) is 3. The van der Waals surface area contributed by atoms with Crippen molar-refractivity contribution in [3.63, 3.8) is 0 Å². The third-order valence-corrected chi connectivity index (χ3v) is 3.33. The van der Waals surface area contributed by atoms with E-state index in [1.54, 1.807) is 18.2 Å². The van der Waals surface area contributed by atoms with Crippen molar-refractivity contribution >= 4 is 23.2 Å². The highest BCUT2D eigenvalue weighted by Gasteiger charge is 2.29. The van der Waals surface area contributed by atoms with E-state index < -0.39 is 0 Å². The maximum atomic E-state index is 11.8. The molecule has 1 saturated carbocycles. The molecule has 1 atom stereocenters. The van der Waals surface area contributed by atoms with Crippen molar-refractivity contribution in [2.75, 3.05) is 10.6 Å². The maximum absolute atomic E-state index is 11.8. The summed E-state index contributed by atoms with van der Waals surface area (Å²) in [4.78, 5) is 23.4. The van der Waals surface area contributed by atoms with Crippen LogP contribution in [0.3, 0.4) is 0 Å². The first kappa shape index (κ1) is 14.5. The average Bonchev–Trinajstić information content (AvgIpc) is 3.23. The molecule has 1 fully saturated rings. The fourth-order valence-corrected chi connectivity index (χ4v) is 1.86. The minimum Gasteiger partial charge on any atom is -0.327 e. The van der Waals surface area contributed by atoms with Gasteiger partial charge in [0.25, 0.3) is 0 Å². The second-order valence-corrected chi connectivity index (χ2v) is 5.26. The molecule has 0 spiro atoms. The van der Waals surface area contributed by atoms with Crippen molar-refractivity contribution in [1.82, 2.24) is 0 Å². The largest absolute Gasteiger partial charge is 0.327 e. The molecule has 5 nitrogen and oxygen atoms in total. The number of carbonyl (C=O) groups excluding carboxylic acids is 2. The molecule has 0 aromatic heterocycles. The zero-order valence-electron chi connectivity index (χ0n) is 11.7. The summed E-state index contributed by atoms with van der Waals surface area (Å²) in [5, 5.41) is 5.65. The van der Waals surface area contributed by atoms with E-state index in [-0.39, 0.29) is 23.8 Å². The Bertz CT molecular complexity index is 498. The Morgan fingerprint density at radius 1 is 1.30 bits per heavy atom. The lowest BCUT2D eigenvalue weighted by Gasteiger charge is -2.11. The quantitative estimate of drug-likeness (QED) is 0.743. The van der Waals surface area contributed by atoms with Gasteiger partial charge in [0.2, 0.25) is 11.8 Å². The van der Waals surface area contributed by atoms with Crippen LogP contribution < -0.4 is 16.4 Å². The van der Waals surface area contributed by atoms with Gasteiger partial charge in [-0.3, -0.25) is 9.59 Å². The number of benzene rings is 1. The lowest BCUT2D eigenvalue weighted by molar-refractivity contribution is -0.117. The summed E-state index contributed by atoms with van der Waals surface area (Å²) < 4.78 is 0. The van der Waals surface area contributed by atoms with Crippen molar-refractivity contribution in [3.05, 3.63) is 24.3 Å². The molecular weight excluding hydrogens is 254 g/mol. The van der Waals surface area contributed by atoms with E-state index in [9.17, 15) is 9.59 Å². The molecular formula is C15H21N3O2. The highest BCUT2D eigenvalue weighted by Crippen LogP contribution is 2.30. The number of amides is 2. The molecule has 5 heteroatoms. The van der Waals surface area contributed by atoms with Gasteiger partial charge < -0.3 is 16.4 Å². The zero-order chi connectivity index (χ0) is 14.5. The number of carbonyl (C=O) groups is 2. The third-order valence-electron chi connectivity index (χ3n) is 3.33. The molecule has 2 amide bonds. The Hall–Kier alpha value is -1.88. The molecule has 0 radical (unpaired) electrons. The van der Waals surface area contributed by atoms with Gasteiger partial charge in [0.05, 0.1) is 0 Å². The summed E-state index contributed by atoms with van der Waals surface area (Å²) in [6, 6.07) is 7.05. The summed E-state index contributed by atoms with van der Waals surface area (Å²) in [5.41, 5.74) is 7.13. The van der Waals surface area contributed by atoms with Crippen molar-refractivity contribution in [2.24, 2.45) is 11.7 Å². The third kappa shape index (κ3) is 4.35. The molecule has 20 heavy (non-hydrogen) atoms. The van der Waals surface area contributed by atoms with Crippen LogP contribution in [0.25, 0.3) is 0 Å². The zero-order valence-corrected chi connectivity index (χ0v) is 11.7. The topological polar surface area (TPSA) is 84.2 Å². The summed E-state index contributed by atoms with van der Waals surface area (Å²) in [6.07, 6.45) is 3.01. The molecule has 0 aliphatic heterocycles. The van der Waals surface area contributed by atoms with Crippen LogP contribution in [0.4, 0.5) is 11.4 Å². The lowest BCUT2D eigenvalue weighted by atomic mass is 10.1. The maximum Gasteiger partial charge on any atom is 0.227 e. The number of nitrogens with one attached hydrogen (secondary N) is 2. The van der Waals surface area contributed by atoms with Crippen molar-refractivity contribution in [1.29, 1.82) is 0 Å². The smallest absolute Gasteiger partial charge is 0.227 e. The van der Waals surface area contributed by atoms with E-state index in [4.69, 9.17) is 5.73 Å². The van der Waals surface area contributed by atoms with Gasteiger partial charge in [-0.25, -0.2) is 0 Å². The van der Waals surface area contributed by atoms with Gasteiger partial charge in [-0.1, -0.05) is 13.0 Å². The van der Waals surface area contributed by atoms with Crippen LogP contribution in [0.1, 0.15) is 32.6 Å². The molecule has 0 bridgehead atoms. The molecule has 0 heterocycles. The molecule has 4 N–H and O–H groups in total. The number of nitrogens with two attached hydrogens (primary N) is 1. The highest BCUT2D eigenvalue weighted by molar-refractivity contribution is 5.96. The van der Waals surface area contributed by atoms with Crippen LogP contribution in [0.5, 0.6) is 0 Å². The predicted octanol–water partition coefficient (Wildman–Crippen LogP) is 2.10. The molecule has 108 valence electrons. The second-order valence-electron chi connectivity index (χ2n) is 5.26. The summed E-state index contributed by atoms with van der Waals surface area (Å²) >= 11 is 0. The predicted molar refractivity (Wildman–Crippen MR) is 79.3 cm³/mol. The van der Waals surface area contributed by atoms with E-state index in [0.717, 1.165) is 19.3 Å². The van der Waals surface area contributed by atoms with Crippen LogP contribution in [-0.4, -0.2) is 17.9 Å². The minimum atomic E-state index is -0.118. The standard InChI is InChI=1S/C15H21N3O2/c1-2-11(16)8-14(19)17-12-4-3-5-13(9-12)18-15(20)10-6-7-10/h3-5,9-11H,2,6-8,16H2,1H3,(H,17,19)(H,18,20). The van der Waals surface area contributed by atoms with Gasteiger partial charge in [-0.05, 0) is 37.5 Å². The first-order chi connectivity index (χ1) is 9.58. The Balaban J connectivity index is 1.91. The molecule has 0 saturated heterocycles. The van der Waals surface area contributed by atoms with Gasteiger partial charge in [-0.15, -0.1) is 0 Å². The van der Waals surface area contributed by atoms with Gasteiger partial charge in [-0.2, -0.15) is 0 Å². The fourth-order valence-electron chi connectivity index (χ4n) is 1.86. The van der Waals surface area contributed by atoms with Gasteiger partial charge in [0, 0.05) is 29.8 Å². The van der Waals surface area contributed by atoms with Gasteiger partial charge in [0.1, 0.15) is 0 Å².